The van der Waals surface area contributed by atoms with Gasteiger partial charge in [-0.1, -0.05) is 48.9 Å². The van der Waals surface area contributed by atoms with Crippen molar-refractivity contribution in [3.8, 4) is 11.5 Å². The predicted octanol–water partition coefficient (Wildman–Crippen LogP) is 4.51. The summed E-state index contributed by atoms with van der Waals surface area (Å²) in [7, 11) is 0. The van der Waals surface area contributed by atoms with Gasteiger partial charge in [-0.15, -0.1) is 10.2 Å². The molecule has 0 atom stereocenters. The highest BCUT2D eigenvalue weighted by molar-refractivity contribution is 6.33. The van der Waals surface area contributed by atoms with Gasteiger partial charge >= 0.3 is 0 Å². The summed E-state index contributed by atoms with van der Waals surface area (Å²) in [6, 6.07) is 13.4. The van der Waals surface area contributed by atoms with E-state index < -0.39 is 0 Å². The van der Waals surface area contributed by atoms with E-state index in [-0.39, 0.29) is 24.7 Å². The fraction of sp³-hybridized carbons (Fsp3) is 0.250. The standard InChI is InChI=1S/C20H19ClFN3O2/c1-2-11-25(19(26)12-14-7-3-6-10-17(14)22)13-18-23-24-20(27-18)15-8-4-5-9-16(15)21/h3-10H,2,11-13H2,1H3. The van der Waals surface area contributed by atoms with E-state index in [2.05, 4.69) is 10.2 Å². The van der Waals surface area contributed by atoms with E-state index in [1.54, 1.807) is 35.2 Å². The fourth-order valence-corrected chi connectivity index (χ4v) is 2.92. The highest BCUT2D eigenvalue weighted by Crippen LogP contribution is 2.26. The Bertz CT molecular complexity index is 929. The zero-order valence-corrected chi connectivity index (χ0v) is 15.6. The fourth-order valence-electron chi connectivity index (χ4n) is 2.70. The molecule has 3 aromatic rings. The Morgan fingerprint density at radius 1 is 1.15 bits per heavy atom. The normalized spacial score (nSPS) is 10.8. The average Bonchev–Trinajstić information content (AvgIpc) is 3.12. The molecule has 0 N–H and O–H groups in total. The molecule has 140 valence electrons. The Hall–Kier alpha value is -2.73. The molecule has 0 unspecified atom stereocenters. The number of carbonyl (C=O) groups is 1. The lowest BCUT2D eigenvalue weighted by Crippen LogP contribution is -2.32. The molecule has 3 rings (SSSR count). The third kappa shape index (κ3) is 4.71. The molecular formula is C20H19ClFN3O2. The summed E-state index contributed by atoms with van der Waals surface area (Å²) in [5.74, 6) is 0.0226. The Balaban J connectivity index is 1.74. The van der Waals surface area contributed by atoms with Crippen LogP contribution in [0.5, 0.6) is 0 Å². The van der Waals surface area contributed by atoms with E-state index in [1.807, 2.05) is 19.1 Å². The van der Waals surface area contributed by atoms with Crippen molar-refractivity contribution >= 4 is 17.5 Å². The van der Waals surface area contributed by atoms with Gasteiger partial charge in [0.2, 0.25) is 17.7 Å². The molecule has 1 heterocycles. The van der Waals surface area contributed by atoms with Gasteiger partial charge in [0, 0.05) is 6.54 Å². The van der Waals surface area contributed by atoms with Crippen LogP contribution in [0.1, 0.15) is 24.8 Å². The molecule has 0 bridgehead atoms. The van der Waals surface area contributed by atoms with Gasteiger partial charge in [0.05, 0.1) is 23.6 Å². The molecule has 0 saturated heterocycles. The maximum atomic E-state index is 13.8. The summed E-state index contributed by atoms with van der Waals surface area (Å²) in [5.41, 5.74) is 1.00. The van der Waals surface area contributed by atoms with Gasteiger partial charge in [0.15, 0.2) is 0 Å². The molecule has 0 radical (unpaired) electrons. The first kappa shape index (κ1) is 19.0. The van der Waals surface area contributed by atoms with Crippen LogP contribution in [0.15, 0.2) is 52.9 Å². The van der Waals surface area contributed by atoms with Gasteiger partial charge in [0.1, 0.15) is 5.82 Å². The smallest absolute Gasteiger partial charge is 0.249 e. The molecule has 0 aliphatic carbocycles. The molecule has 0 spiro atoms. The van der Waals surface area contributed by atoms with E-state index in [0.29, 0.717) is 34.5 Å². The number of hydrogen-bond donors (Lipinski definition) is 0. The Labute approximate surface area is 161 Å². The number of amides is 1. The summed E-state index contributed by atoms with van der Waals surface area (Å²) < 4.78 is 19.5. The molecule has 0 aliphatic heterocycles. The lowest BCUT2D eigenvalue weighted by atomic mass is 10.1. The molecule has 0 aliphatic rings. The van der Waals surface area contributed by atoms with Gasteiger partial charge in [-0.3, -0.25) is 4.79 Å². The molecule has 1 amide bonds. The van der Waals surface area contributed by atoms with Crippen LogP contribution in [0.25, 0.3) is 11.5 Å². The first-order valence-electron chi connectivity index (χ1n) is 8.67. The summed E-state index contributed by atoms with van der Waals surface area (Å²) in [5, 5.41) is 8.55. The van der Waals surface area contributed by atoms with E-state index in [9.17, 15) is 9.18 Å². The molecule has 5 nitrogen and oxygen atoms in total. The van der Waals surface area contributed by atoms with Crippen LogP contribution in [0.4, 0.5) is 4.39 Å². The van der Waals surface area contributed by atoms with Gasteiger partial charge in [-0.2, -0.15) is 0 Å². The minimum absolute atomic E-state index is 0.0157. The average molecular weight is 388 g/mol. The quantitative estimate of drug-likeness (QED) is 0.598. The number of halogens is 2. The SMILES string of the molecule is CCCN(Cc1nnc(-c2ccccc2Cl)o1)C(=O)Cc1ccccc1F. The Kier molecular flexibility index (Phi) is 6.19. The van der Waals surface area contributed by atoms with Crippen LogP contribution in [0.2, 0.25) is 5.02 Å². The zero-order chi connectivity index (χ0) is 19.2. The van der Waals surface area contributed by atoms with Gasteiger partial charge in [-0.05, 0) is 30.2 Å². The summed E-state index contributed by atoms with van der Waals surface area (Å²) in [6.45, 7) is 2.64. The lowest BCUT2D eigenvalue weighted by Gasteiger charge is -2.20. The highest BCUT2D eigenvalue weighted by atomic mass is 35.5. The van der Waals surface area contributed by atoms with Crippen molar-refractivity contribution in [3.05, 3.63) is 70.8 Å². The zero-order valence-electron chi connectivity index (χ0n) is 14.9. The van der Waals surface area contributed by atoms with Crippen LogP contribution in [0, 0.1) is 5.82 Å². The van der Waals surface area contributed by atoms with Crippen LogP contribution >= 0.6 is 11.6 Å². The van der Waals surface area contributed by atoms with Crippen molar-refractivity contribution < 1.29 is 13.6 Å². The monoisotopic (exact) mass is 387 g/mol. The van der Waals surface area contributed by atoms with Crippen LogP contribution in [0.3, 0.4) is 0 Å². The minimum Gasteiger partial charge on any atom is -0.419 e. The van der Waals surface area contributed by atoms with Crippen LogP contribution < -0.4 is 0 Å². The number of hydrogen-bond acceptors (Lipinski definition) is 4. The molecule has 2 aromatic carbocycles. The van der Waals surface area contributed by atoms with E-state index >= 15 is 0 Å². The number of carbonyl (C=O) groups excluding carboxylic acids is 1. The largest absolute Gasteiger partial charge is 0.419 e. The summed E-state index contributed by atoms with van der Waals surface area (Å²) in [6.07, 6.45) is 0.743. The predicted molar refractivity (Wildman–Crippen MR) is 101 cm³/mol. The Morgan fingerprint density at radius 2 is 1.89 bits per heavy atom. The molecule has 7 heteroatoms. The second kappa shape index (κ2) is 8.77. The van der Waals surface area contributed by atoms with Crippen LogP contribution in [-0.2, 0) is 17.8 Å². The van der Waals surface area contributed by atoms with Crippen molar-refractivity contribution in [3.63, 3.8) is 0 Å². The number of nitrogens with zero attached hydrogens (tertiary/aromatic N) is 3. The number of aromatic nitrogens is 2. The van der Waals surface area contributed by atoms with Crippen molar-refractivity contribution in [2.75, 3.05) is 6.54 Å². The third-order valence-corrected chi connectivity index (χ3v) is 4.37. The second-order valence-electron chi connectivity index (χ2n) is 6.06. The van der Waals surface area contributed by atoms with Crippen molar-refractivity contribution in [1.29, 1.82) is 0 Å². The lowest BCUT2D eigenvalue weighted by molar-refractivity contribution is -0.131. The maximum absolute atomic E-state index is 13.8. The molecule has 0 saturated carbocycles. The third-order valence-electron chi connectivity index (χ3n) is 4.04. The first-order chi connectivity index (χ1) is 13.1. The van der Waals surface area contributed by atoms with Crippen LogP contribution in [-0.4, -0.2) is 27.5 Å². The van der Waals surface area contributed by atoms with Crippen molar-refractivity contribution in [2.24, 2.45) is 0 Å². The maximum Gasteiger partial charge on any atom is 0.249 e. The van der Waals surface area contributed by atoms with Crippen molar-refractivity contribution in [2.45, 2.75) is 26.3 Å². The van der Waals surface area contributed by atoms with Gasteiger partial charge in [-0.25, -0.2) is 4.39 Å². The summed E-state index contributed by atoms with van der Waals surface area (Å²) in [4.78, 5) is 14.2. The number of rotatable bonds is 7. The molecular weight excluding hydrogens is 369 g/mol. The summed E-state index contributed by atoms with van der Waals surface area (Å²) >= 11 is 6.15. The van der Waals surface area contributed by atoms with E-state index in [1.165, 1.54) is 6.07 Å². The van der Waals surface area contributed by atoms with E-state index in [4.69, 9.17) is 16.0 Å². The van der Waals surface area contributed by atoms with Crippen molar-refractivity contribution in [1.82, 2.24) is 15.1 Å². The highest BCUT2D eigenvalue weighted by Gasteiger charge is 2.19. The molecule has 1 aromatic heterocycles. The minimum atomic E-state index is -0.388. The van der Waals surface area contributed by atoms with E-state index in [0.717, 1.165) is 6.42 Å². The topological polar surface area (TPSA) is 59.2 Å². The van der Waals surface area contributed by atoms with Gasteiger partial charge < -0.3 is 9.32 Å². The number of benzene rings is 2. The Morgan fingerprint density at radius 3 is 2.63 bits per heavy atom. The second-order valence-corrected chi connectivity index (χ2v) is 6.47. The molecule has 0 fully saturated rings. The van der Waals surface area contributed by atoms with Gasteiger partial charge in [0.25, 0.3) is 0 Å². The molecule has 27 heavy (non-hydrogen) atoms. The first-order valence-corrected chi connectivity index (χ1v) is 9.04.